The van der Waals surface area contributed by atoms with Crippen molar-refractivity contribution in [2.24, 2.45) is 0 Å². The molecule has 1 rings (SSSR count). The van der Waals surface area contributed by atoms with Crippen molar-refractivity contribution in [1.29, 1.82) is 0 Å². The third-order valence-electron chi connectivity index (χ3n) is 2.74. The third kappa shape index (κ3) is 5.26. The molecule has 0 amide bonds. The average molecular weight is 277 g/mol. The molecule has 0 unspecified atom stereocenters. The highest BCUT2D eigenvalue weighted by Gasteiger charge is 2.19. The first kappa shape index (κ1) is 16.0. The molecular formula is C15H19NO4. The molecular weight excluding hydrogens is 258 g/mol. The van der Waals surface area contributed by atoms with Crippen molar-refractivity contribution in [1.82, 2.24) is 5.06 Å². The highest BCUT2D eigenvalue weighted by molar-refractivity contribution is 5.94. The standard InChI is InChI=1S/C15H19NO4/c1-2-3-7-10-16(14(11-17)15(18)19)20-12-13-8-5-4-6-9-13/h4-6,8-9H,2-3,7,10,12H2,1H3,(H,18,19). The molecule has 0 aliphatic rings. The van der Waals surface area contributed by atoms with E-state index in [1.165, 1.54) is 5.94 Å². The molecule has 0 aliphatic carbocycles. The molecule has 1 aromatic carbocycles. The number of carboxylic acids is 1. The molecule has 20 heavy (non-hydrogen) atoms. The summed E-state index contributed by atoms with van der Waals surface area (Å²) < 4.78 is 0. The minimum Gasteiger partial charge on any atom is -0.476 e. The Kier molecular flexibility index (Phi) is 7.11. The van der Waals surface area contributed by atoms with Gasteiger partial charge in [0, 0.05) is 6.54 Å². The zero-order valence-corrected chi connectivity index (χ0v) is 11.5. The van der Waals surface area contributed by atoms with E-state index in [1.54, 1.807) is 0 Å². The van der Waals surface area contributed by atoms with Gasteiger partial charge in [-0.25, -0.2) is 14.7 Å². The summed E-state index contributed by atoms with van der Waals surface area (Å²) in [7, 11) is 0. The molecule has 0 radical (unpaired) electrons. The summed E-state index contributed by atoms with van der Waals surface area (Å²) in [6.45, 7) is 2.62. The van der Waals surface area contributed by atoms with Crippen molar-refractivity contribution in [2.75, 3.05) is 6.54 Å². The predicted octanol–water partition coefficient (Wildman–Crippen LogP) is 2.41. The second-order valence-electron chi connectivity index (χ2n) is 4.32. The lowest BCUT2D eigenvalue weighted by Gasteiger charge is -2.21. The molecule has 108 valence electrons. The number of hydrogen-bond acceptors (Lipinski definition) is 4. The van der Waals surface area contributed by atoms with Crippen LogP contribution < -0.4 is 0 Å². The maximum Gasteiger partial charge on any atom is 0.366 e. The van der Waals surface area contributed by atoms with Crippen molar-refractivity contribution in [2.45, 2.75) is 32.8 Å². The van der Waals surface area contributed by atoms with E-state index in [-0.39, 0.29) is 6.61 Å². The van der Waals surface area contributed by atoms with Gasteiger partial charge in [0.25, 0.3) is 0 Å². The van der Waals surface area contributed by atoms with Gasteiger partial charge in [0.1, 0.15) is 0 Å². The molecule has 0 bridgehead atoms. The smallest absolute Gasteiger partial charge is 0.366 e. The van der Waals surface area contributed by atoms with E-state index >= 15 is 0 Å². The molecule has 0 spiro atoms. The van der Waals surface area contributed by atoms with Gasteiger partial charge in [-0.2, -0.15) is 0 Å². The summed E-state index contributed by atoms with van der Waals surface area (Å²) in [5.41, 5.74) is 0.417. The first-order valence-corrected chi connectivity index (χ1v) is 6.61. The van der Waals surface area contributed by atoms with Gasteiger partial charge in [-0.15, -0.1) is 0 Å². The SMILES string of the molecule is CCCCCN(OCc1ccccc1)C(=C=O)C(=O)O. The molecule has 5 nitrogen and oxygen atoms in total. The Morgan fingerprint density at radius 3 is 2.55 bits per heavy atom. The molecule has 0 heterocycles. The van der Waals surface area contributed by atoms with Gasteiger partial charge in [-0.3, -0.25) is 4.84 Å². The maximum absolute atomic E-state index is 11.0. The lowest BCUT2D eigenvalue weighted by atomic mass is 10.2. The van der Waals surface area contributed by atoms with Gasteiger partial charge >= 0.3 is 5.97 Å². The second-order valence-corrected chi connectivity index (χ2v) is 4.32. The normalized spacial score (nSPS) is 9.85. The average Bonchev–Trinajstić information content (AvgIpc) is 2.46. The van der Waals surface area contributed by atoms with Crippen molar-refractivity contribution >= 4 is 11.9 Å². The lowest BCUT2D eigenvalue weighted by molar-refractivity contribution is -0.162. The Balaban J connectivity index is 2.67. The van der Waals surface area contributed by atoms with Gasteiger partial charge in [-0.1, -0.05) is 50.1 Å². The van der Waals surface area contributed by atoms with E-state index in [4.69, 9.17) is 9.94 Å². The first-order chi connectivity index (χ1) is 9.69. The maximum atomic E-state index is 11.0. The molecule has 0 fully saturated rings. The topological polar surface area (TPSA) is 66.8 Å². The molecule has 0 aromatic heterocycles. The van der Waals surface area contributed by atoms with Crippen LogP contribution in [0.1, 0.15) is 31.7 Å². The summed E-state index contributed by atoms with van der Waals surface area (Å²) in [5, 5.41) is 10.1. The van der Waals surface area contributed by atoms with E-state index < -0.39 is 11.7 Å². The fourth-order valence-electron chi connectivity index (χ4n) is 1.67. The Bertz CT molecular complexity index is 466. The molecule has 0 saturated heterocycles. The second kappa shape index (κ2) is 8.91. The Hall–Kier alpha value is -2.10. The van der Waals surface area contributed by atoms with Crippen LogP contribution in [0.5, 0.6) is 0 Å². The Morgan fingerprint density at radius 2 is 2.00 bits per heavy atom. The monoisotopic (exact) mass is 277 g/mol. The van der Waals surface area contributed by atoms with Crippen LogP contribution >= 0.6 is 0 Å². The zero-order valence-electron chi connectivity index (χ0n) is 11.5. The van der Waals surface area contributed by atoms with Crippen LogP contribution in [0.25, 0.3) is 0 Å². The molecule has 1 N–H and O–H groups in total. The first-order valence-electron chi connectivity index (χ1n) is 6.61. The summed E-state index contributed by atoms with van der Waals surface area (Å²) in [4.78, 5) is 27.2. The predicted molar refractivity (Wildman–Crippen MR) is 74.3 cm³/mol. The summed E-state index contributed by atoms with van der Waals surface area (Å²) in [6.07, 6.45) is 2.69. The van der Waals surface area contributed by atoms with Crippen LogP contribution in [0.2, 0.25) is 0 Å². The van der Waals surface area contributed by atoms with Gasteiger partial charge < -0.3 is 5.11 Å². The van der Waals surface area contributed by atoms with Crippen LogP contribution in [0.4, 0.5) is 0 Å². The zero-order chi connectivity index (χ0) is 14.8. The molecule has 0 saturated carbocycles. The van der Waals surface area contributed by atoms with E-state index in [9.17, 15) is 9.59 Å². The number of benzene rings is 1. The fraction of sp³-hybridized carbons (Fsp3) is 0.400. The highest BCUT2D eigenvalue weighted by atomic mass is 16.7. The summed E-state index contributed by atoms with van der Waals surface area (Å²) in [5.74, 6) is 0.104. The number of rotatable bonds is 9. The number of carbonyl (C=O) groups is 1. The number of aliphatic carboxylic acids is 1. The molecule has 1 aromatic rings. The minimum absolute atomic E-state index is 0.214. The minimum atomic E-state index is -1.33. The summed E-state index contributed by atoms with van der Waals surface area (Å²) in [6, 6.07) is 9.36. The van der Waals surface area contributed by atoms with Crippen LogP contribution in [-0.2, 0) is 21.0 Å². The highest BCUT2D eigenvalue weighted by Crippen LogP contribution is 2.10. The molecule has 0 aliphatic heterocycles. The largest absolute Gasteiger partial charge is 0.476 e. The number of nitrogens with zero attached hydrogens (tertiary/aromatic N) is 1. The van der Waals surface area contributed by atoms with Gasteiger partial charge in [0.15, 0.2) is 5.94 Å². The van der Waals surface area contributed by atoms with Gasteiger partial charge in [-0.05, 0) is 12.0 Å². The van der Waals surface area contributed by atoms with E-state index in [2.05, 4.69) is 0 Å². The third-order valence-corrected chi connectivity index (χ3v) is 2.74. The Morgan fingerprint density at radius 1 is 1.30 bits per heavy atom. The number of hydrogen-bond donors (Lipinski definition) is 1. The quantitative estimate of drug-likeness (QED) is 0.325. The van der Waals surface area contributed by atoms with Crippen molar-refractivity contribution < 1.29 is 19.5 Å². The van der Waals surface area contributed by atoms with Crippen LogP contribution in [-0.4, -0.2) is 28.6 Å². The van der Waals surface area contributed by atoms with Crippen LogP contribution in [0, 0.1) is 0 Å². The van der Waals surface area contributed by atoms with Crippen LogP contribution in [0.3, 0.4) is 0 Å². The Labute approximate surface area is 118 Å². The number of hydroxylamine groups is 2. The van der Waals surface area contributed by atoms with E-state index in [1.807, 2.05) is 37.3 Å². The van der Waals surface area contributed by atoms with E-state index in [0.717, 1.165) is 29.9 Å². The van der Waals surface area contributed by atoms with Gasteiger partial charge in [0.05, 0.1) is 6.61 Å². The number of carbonyl (C=O) groups excluding carboxylic acids is 1. The lowest BCUT2D eigenvalue weighted by Crippen LogP contribution is -2.29. The van der Waals surface area contributed by atoms with Crippen molar-refractivity contribution in [3.05, 3.63) is 41.6 Å². The van der Waals surface area contributed by atoms with Crippen LogP contribution in [0.15, 0.2) is 36.0 Å². The number of carboxylic acid groups (broad SMARTS) is 1. The van der Waals surface area contributed by atoms with Crippen molar-refractivity contribution in [3.63, 3.8) is 0 Å². The fourth-order valence-corrected chi connectivity index (χ4v) is 1.67. The molecule has 0 atom stereocenters. The summed E-state index contributed by atoms with van der Waals surface area (Å²) >= 11 is 0. The van der Waals surface area contributed by atoms with Gasteiger partial charge in [0.2, 0.25) is 5.70 Å². The molecule has 5 heteroatoms. The number of unbranched alkanes of at least 4 members (excludes halogenated alkanes) is 2. The van der Waals surface area contributed by atoms with Crippen molar-refractivity contribution in [3.8, 4) is 0 Å². The van der Waals surface area contributed by atoms with E-state index in [0.29, 0.717) is 6.54 Å².